The maximum atomic E-state index is 12.3. The first kappa shape index (κ1) is 16.4. The van der Waals surface area contributed by atoms with Gasteiger partial charge in [-0.05, 0) is 6.92 Å². The standard InChI is InChI=1S/C14H19F3N4O/c1-9(12-18-6-11(22-12)13(2,3)4)20-10-5-19-21(7-10)8-14(15,16)17/h5-7,9,20H,8H2,1-4H3/t9-/m1/s1. The van der Waals surface area contributed by atoms with Crippen molar-refractivity contribution < 1.29 is 17.6 Å². The Morgan fingerprint density at radius 2 is 1.95 bits per heavy atom. The van der Waals surface area contributed by atoms with Gasteiger partial charge in [0.25, 0.3) is 0 Å². The molecule has 0 amide bonds. The molecule has 5 nitrogen and oxygen atoms in total. The Morgan fingerprint density at radius 3 is 2.50 bits per heavy atom. The van der Waals surface area contributed by atoms with Gasteiger partial charge in [-0.25, -0.2) is 4.98 Å². The van der Waals surface area contributed by atoms with Gasteiger partial charge in [-0.1, -0.05) is 20.8 Å². The maximum absolute atomic E-state index is 12.3. The van der Waals surface area contributed by atoms with Crippen LogP contribution in [0.15, 0.2) is 23.0 Å². The van der Waals surface area contributed by atoms with Crippen LogP contribution in [-0.2, 0) is 12.0 Å². The van der Waals surface area contributed by atoms with E-state index in [0.29, 0.717) is 11.6 Å². The SMILES string of the molecule is C[C@@H](Nc1cnn(CC(F)(F)F)c1)c1ncc(C(C)(C)C)o1. The number of nitrogens with zero attached hydrogens (tertiary/aromatic N) is 3. The molecule has 0 radical (unpaired) electrons. The summed E-state index contributed by atoms with van der Waals surface area (Å²) >= 11 is 0. The molecule has 0 spiro atoms. The van der Waals surface area contributed by atoms with Crippen LogP contribution in [0.25, 0.3) is 0 Å². The number of hydrogen-bond donors (Lipinski definition) is 1. The molecule has 0 bridgehead atoms. The Balaban J connectivity index is 2.03. The first-order chi connectivity index (χ1) is 10.0. The second kappa shape index (κ2) is 5.66. The molecule has 1 N–H and O–H groups in total. The second-order valence-electron chi connectivity index (χ2n) is 6.22. The van der Waals surface area contributed by atoms with Crippen molar-refractivity contribution in [2.45, 2.75) is 51.9 Å². The van der Waals surface area contributed by atoms with Gasteiger partial charge in [0, 0.05) is 11.6 Å². The van der Waals surface area contributed by atoms with Crippen LogP contribution in [0.5, 0.6) is 0 Å². The highest BCUT2D eigenvalue weighted by Crippen LogP contribution is 2.26. The fourth-order valence-electron chi connectivity index (χ4n) is 1.85. The summed E-state index contributed by atoms with van der Waals surface area (Å²) in [5, 5.41) is 6.70. The van der Waals surface area contributed by atoms with E-state index in [1.54, 1.807) is 6.20 Å². The first-order valence-corrected chi connectivity index (χ1v) is 6.86. The molecule has 0 fully saturated rings. The van der Waals surface area contributed by atoms with Crippen molar-refractivity contribution >= 4 is 5.69 Å². The molecular weight excluding hydrogens is 297 g/mol. The van der Waals surface area contributed by atoms with Gasteiger partial charge >= 0.3 is 6.18 Å². The normalized spacial score (nSPS) is 14.1. The van der Waals surface area contributed by atoms with Gasteiger partial charge in [-0.15, -0.1) is 0 Å². The molecule has 0 aliphatic carbocycles. The van der Waals surface area contributed by atoms with E-state index in [4.69, 9.17) is 4.42 Å². The summed E-state index contributed by atoms with van der Waals surface area (Å²) in [6.45, 7) is 6.74. The lowest BCUT2D eigenvalue weighted by Gasteiger charge is -2.14. The number of nitrogens with one attached hydrogen (secondary N) is 1. The minimum atomic E-state index is -4.29. The molecule has 0 aliphatic heterocycles. The first-order valence-electron chi connectivity index (χ1n) is 6.86. The Hall–Kier alpha value is -1.99. The molecule has 0 saturated carbocycles. The van der Waals surface area contributed by atoms with Crippen molar-refractivity contribution in [2.24, 2.45) is 0 Å². The Kier molecular flexibility index (Phi) is 4.21. The van der Waals surface area contributed by atoms with Crippen LogP contribution in [-0.4, -0.2) is 20.9 Å². The predicted octanol–water partition coefficient (Wildman–Crippen LogP) is 3.90. The summed E-state index contributed by atoms with van der Waals surface area (Å²) in [6, 6.07) is -0.278. The van der Waals surface area contributed by atoms with Crippen molar-refractivity contribution in [3.05, 3.63) is 30.2 Å². The minimum absolute atomic E-state index is 0.150. The molecule has 22 heavy (non-hydrogen) atoms. The lowest BCUT2D eigenvalue weighted by atomic mass is 9.94. The second-order valence-corrected chi connectivity index (χ2v) is 6.22. The zero-order valence-corrected chi connectivity index (χ0v) is 12.9. The fraction of sp³-hybridized carbons (Fsp3) is 0.571. The van der Waals surface area contributed by atoms with Gasteiger partial charge in [0.05, 0.1) is 18.1 Å². The Labute approximate surface area is 126 Å². The fourth-order valence-corrected chi connectivity index (χ4v) is 1.85. The van der Waals surface area contributed by atoms with Crippen LogP contribution in [0, 0.1) is 0 Å². The smallest absolute Gasteiger partial charge is 0.408 e. The van der Waals surface area contributed by atoms with Crippen molar-refractivity contribution in [1.29, 1.82) is 0 Å². The topological polar surface area (TPSA) is 55.9 Å². The van der Waals surface area contributed by atoms with Crippen LogP contribution >= 0.6 is 0 Å². The van der Waals surface area contributed by atoms with Crippen molar-refractivity contribution in [1.82, 2.24) is 14.8 Å². The van der Waals surface area contributed by atoms with Gasteiger partial charge in [0.15, 0.2) is 0 Å². The average Bonchev–Trinajstić information content (AvgIpc) is 2.95. The zero-order chi connectivity index (χ0) is 16.5. The molecule has 0 aliphatic rings. The lowest BCUT2D eigenvalue weighted by molar-refractivity contribution is -0.142. The highest BCUT2D eigenvalue weighted by Gasteiger charge is 2.28. The summed E-state index contributed by atoms with van der Waals surface area (Å²) < 4.78 is 43.4. The number of hydrogen-bond acceptors (Lipinski definition) is 4. The van der Waals surface area contributed by atoms with Crippen LogP contribution in [0.2, 0.25) is 0 Å². The molecular formula is C14H19F3N4O. The third kappa shape index (κ3) is 4.25. The molecule has 0 unspecified atom stereocenters. The highest BCUT2D eigenvalue weighted by molar-refractivity contribution is 5.39. The Morgan fingerprint density at radius 1 is 1.27 bits per heavy atom. The van der Waals surface area contributed by atoms with E-state index in [1.807, 2.05) is 27.7 Å². The molecule has 2 heterocycles. The van der Waals surface area contributed by atoms with Crippen LogP contribution < -0.4 is 5.32 Å². The van der Waals surface area contributed by atoms with Gasteiger partial charge in [-0.2, -0.15) is 18.3 Å². The zero-order valence-electron chi connectivity index (χ0n) is 12.9. The van der Waals surface area contributed by atoms with Gasteiger partial charge in [-0.3, -0.25) is 4.68 Å². The number of anilines is 1. The number of oxazole rings is 1. The third-order valence-electron chi connectivity index (χ3n) is 2.99. The van der Waals surface area contributed by atoms with Crippen LogP contribution in [0.1, 0.15) is 45.4 Å². The summed E-state index contributed by atoms with van der Waals surface area (Å²) in [5.74, 6) is 1.23. The number of alkyl halides is 3. The molecule has 8 heteroatoms. The molecule has 2 aromatic heterocycles. The van der Waals surface area contributed by atoms with Crippen LogP contribution in [0.4, 0.5) is 18.9 Å². The summed E-state index contributed by atoms with van der Waals surface area (Å²) in [6.07, 6.45) is 0.0210. The van der Waals surface area contributed by atoms with Crippen molar-refractivity contribution in [2.75, 3.05) is 5.32 Å². The summed E-state index contributed by atoms with van der Waals surface area (Å²) in [4.78, 5) is 4.21. The van der Waals surface area contributed by atoms with E-state index in [9.17, 15) is 13.2 Å². The van der Waals surface area contributed by atoms with Crippen molar-refractivity contribution in [3.8, 4) is 0 Å². The average molecular weight is 316 g/mol. The third-order valence-corrected chi connectivity index (χ3v) is 2.99. The molecule has 2 rings (SSSR count). The van der Waals surface area contributed by atoms with Gasteiger partial charge in [0.2, 0.25) is 5.89 Å². The quantitative estimate of drug-likeness (QED) is 0.929. The van der Waals surface area contributed by atoms with Gasteiger partial charge < -0.3 is 9.73 Å². The number of rotatable bonds is 4. The lowest BCUT2D eigenvalue weighted by Crippen LogP contribution is -2.17. The van der Waals surface area contributed by atoms with Gasteiger partial charge in [0.1, 0.15) is 18.3 Å². The van der Waals surface area contributed by atoms with E-state index in [2.05, 4.69) is 15.4 Å². The van der Waals surface area contributed by atoms with E-state index >= 15 is 0 Å². The van der Waals surface area contributed by atoms with E-state index in [-0.39, 0.29) is 11.5 Å². The summed E-state index contributed by atoms with van der Waals surface area (Å²) in [7, 11) is 0. The van der Waals surface area contributed by atoms with E-state index in [1.165, 1.54) is 12.4 Å². The largest absolute Gasteiger partial charge is 0.443 e. The number of aromatic nitrogens is 3. The van der Waals surface area contributed by atoms with E-state index < -0.39 is 12.7 Å². The maximum Gasteiger partial charge on any atom is 0.408 e. The summed E-state index contributed by atoms with van der Waals surface area (Å²) in [5.41, 5.74) is 0.329. The van der Waals surface area contributed by atoms with E-state index in [0.717, 1.165) is 10.4 Å². The molecule has 2 aromatic rings. The highest BCUT2D eigenvalue weighted by atomic mass is 19.4. The molecule has 122 valence electrons. The van der Waals surface area contributed by atoms with Crippen LogP contribution in [0.3, 0.4) is 0 Å². The molecule has 0 saturated heterocycles. The monoisotopic (exact) mass is 316 g/mol. The Bertz CT molecular complexity index is 625. The van der Waals surface area contributed by atoms with Crippen molar-refractivity contribution in [3.63, 3.8) is 0 Å². The minimum Gasteiger partial charge on any atom is -0.443 e. The number of halogens is 3. The molecule has 1 atom stereocenters. The molecule has 0 aromatic carbocycles. The predicted molar refractivity (Wildman–Crippen MR) is 75.5 cm³/mol.